The first-order valence-electron chi connectivity index (χ1n) is 4.18. The SMILES string of the molecule is CNC1(c2cc(Cl)ncc2Br)CC1. The normalized spacial score (nSPS) is 18.7. The zero-order valence-electron chi connectivity index (χ0n) is 7.27. The van der Waals surface area contributed by atoms with Crippen LogP contribution in [0.25, 0.3) is 0 Å². The standard InChI is InChI=1S/C9H10BrClN2/c1-12-9(2-3-9)6-4-8(11)13-5-7(6)10/h4-5,12H,2-3H2,1H3. The molecule has 0 amide bonds. The number of hydrogen-bond donors (Lipinski definition) is 1. The van der Waals surface area contributed by atoms with Crippen molar-refractivity contribution >= 4 is 27.5 Å². The van der Waals surface area contributed by atoms with Gasteiger partial charge >= 0.3 is 0 Å². The van der Waals surface area contributed by atoms with Gasteiger partial charge in [-0.05, 0) is 47.4 Å². The van der Waals surface area contributed by atoms with Crippen molar-refractivity contribution in [2.24, 2.45) is 0 Å². The van der Waals surface area contributed by atoms with Gasteiger partial charge in [0.1, 0.15) is 5.15 Å². The van der Waals surface area contributed by atoms with Crippen LogP contribution in [-0.4, -0.2) is 12.0 Å². The van der Waals surface area contributed by atoms with E-state index in [2.05, 4.69) is 26.2 Å². The van der Waals surface area contributed by atoms with Gasteiger partial charge in [0.15, 0.2) is 0 Å². The van der Waals surface area contributed by atoms with Gasteiger partial charge in [-0.25, -0.2) is 4.98 Å². The fraction of sp³-hybridized carbons (Fsp3) is 0.444. The second kappa shape index (κ2) is 3.23. The molecule has 2 nitrogen and oxygen atoms in total. The van der Waals surface area contributed by atoms with Gasteiger partial charge in [-0.1, -0.05) is 11.6 Å². The Morgan fingerprint density at radius 1 is 1.62 bits per heavy atom. The number of hydrogen-bond acceptors (Lipinski definition) is 2. The van der Waals surface area contributed by atoms with Crippen LogP contribution >= 0.6 is 27.5 Å². The van der Waals surface area contributed by atoms with Crippen LogP contribution in [0.4, 0.5) is 0 Å². The van der Waals surface area contributed by atoms with Crippen molar-refractivity contribution in [2.75, 3.05) is 7.05 Å². The molecule has 0 aliphatic heterocycles. The molecule has 4 heteroatoms. The van der Waals surface area contributed by atoms with Crippen molar-refractivity contribution in [2.45, 2.75) is 18.4 Å². The highest BCUT2D eigenvalue weighted by molar-refractivity contribution is 9.10. The molecule has 0 aromatic carbocycles. The van der Waals surface area contributed by atoms with Crippen molar-refractivity contribution in [3.63, 3.8) is 0 Å². The summed E-state index contributed by atoms with van der Waals surface area (Å²) in [5.74, 6) is 0. The van der Waals surface area contributed by atoms with Crippen molar-refractivity contribution in [1.29, 1.82) is 0 Å². The fourth-order valence-electron chi connectivity index (χ4n) is 1.56. The van der Waals surface area contributed by atoms with Crippen LogP contribution in [0, 0.1) is 0 Å². The molecular weight excluding hydrogens is 251 g/mol. The summed E-state index contributed by atoms with van der Waals surface area (Å²) in [4.78, 5) is 4.01. The van der Waals surface area contributed by atoms with Gasteiger partial charge in [-0.15, -0.1) is 0 Å². The van der Waals surface area contributed by atoms with Gasteiger partial charge < -0.3 is 5.32 Å². The average molecular weight is 262 g/mol. The lowest BCUT2D eigenvalue weighted by Gasteiger charge is -2.16. The second-order valence-electron chi connectivity index (χ2n) is 3.32. The molecule has 0 bridgehead atoms. The number of nitrogens with one attached hydrogen (secondary N) is 1. The average Bonchev–Trinajstić information content (AvgIpc) is 2.90. The Morgan fingerprint density at radius 2 is 2.31 bits per heavy atom. The summed E-state index contributed by atoms with van der Waals surface area (Å²) >= 11 is 9.33. The van der Waals surface area contributed by atoms with Crippen LogP contribution < -0.4 is 5.32 Å². The molecule has 1 aromatic rings. The van der Waals surface area contributed by atoms with E-state index < -0.39 is 0 Å². The first kappa shape index (κ1) is 9.44. The van der Waals surface area contributed by atoms with Crippen LogP contribution in [0.1, 0.15) is 18.4 Å². The third-order valence-corrected chi connectivity index (χ3v) is 3.40. The van der Waals surface area contributed by atoms with Crippen molar-refractivity contribution in [3.8, 4) is 0 Å². The van der Waals surface area contributed by atoms with Crippen LogP contribution in [-0.2, 0) is 5.54 Å². The Kier molecular flexibility index (Phi) is 2.34. The van der Waals surface area contributed by atoms with Crippen molar-refractivity contribution in [3.05, 3.63) is 27.5 Å². The Balaban J connectivity index is 2.44. The molecule has 13 heavy (non-hydrogen) atoms. The van der Waals surface area contributed by atoms with E-state index in [1.165, 1.54) is 18.4 Å². The lowest BCUT2D eigenvalue weighted by Crippen LogP contribution is -2.25. The summed E-state index contributed by atoms with van der Waals surface area (Å²) in [6, 6.07) is 1.93. The van der Waals surface area contributed by atoms with Gasteiger partial charge in [-0.2, -0.15) is 0 Å². The van der Waals surface area contributed by atoms with Crippen LogP contribution in [0.2, 0.25) is 5.15 Å². The third-order valence-electron chi connectivity index (χ3n) is 2.57. The highest BCUT2D eigenvalue weighted by atomic mass is 79.9. The molecule has 1 heterocycles. The molecule has 0 atom stereocenters. The Morgan fingerprint density at radius 3 is 2.85 bits per heavy atom. The molecule has 1 saturated carbocycles. The van der Waals surface area contributed by atoms with E-state index in [4.69, 9.17) is 11.6 Å². The molecule has 1 aliphatic rings. The number of aromatic nitrogens is 1. The minimum Gasteiger partial charge on any atom is -0.310 e. The summed E-state index contributed by atoms with van der Waals surface area (Å²) in [7, 11) is 1.98. The maximum atomic E-state index is 5.85. The van der Waals surface area contributed by atoms with E-state index in [0.29, 0.717) is 5.15 Å². The predicted molar refractivity (Wildman–Crippen MR) is 56.9 cm³/mol. The quantitative estimate of drug-likeness (QED) is 0.828. The lowest BCUT2D eigenvalue weighted by atomic mass is 10.1. The maximum Gasteiger partial charge on any atom is 0.129 e. The first-order valence-corrected chi connectivity index (χ1v) is 5.35. The molecule has 70 valence electrons. The predicted octanol–water partition coefficient (Wildman–Crippen LogP) is 2.71. The molecule has 1 aromatic heterocycles. The highest BCUT2D eigenvalue weighted by Gasteiger charge is 2.44. The molecular formula is C9H10BrClN2. The summed E-state index contributed by atoms with van der Waals surface area (Å²) in [5, 5.41) is 3.88. The number of nitrogens with zero attached hydrogens (tertiary/aromatic N) is 1. The van der Waals surface area contributed by atoms with E-state index in [1.807, 2.05) is 13.1 Å². The minimum absolute atomic E-state index is 0.144. The van der Waals surface area contributed by atoms with Crippen LogP contribution in [0.3, 0.4) is 0 Å². The van der Waals surface area contributed by atoms with Crippen LogP contribution in [0.5, 0.6) is 0 Å². The number of rotatable bonds is 2. The largest absolute Gasteiger partial charge is 0.310 e. The van der Waals surface area contributed by atoms with Gasteiger partial charge in [0.05, 0.1) is 0 Å². The monoisotopic (exact) mass is 260 g/mol. The summed E-state index contributed by atoms with van der Waals surface area (Å²) in [5.41, 5.74) is 1.36. The van der Waals surface area contributed by atoms with Gasteiger partial charge in [0, 0.05) is 16.2 Å². The molecule has 1 fully saturated rings. The zero-order valence-corrected chi connectivity index (χ0v) is 9.61. The lowest BCUT2D eigenvalue weighted by molar-refractivity contribution is 0.582. The minimum atomic E-state index is 0.144. The van der Waals surface area contributed by atoms with E-state index in [0.717, 1.165) is 4.47 Å². The first-order chi connectivity index (χ1) is 6.18. The summed E-state index contributed by atoms with van der Waals surface area (Å²) < 4.78 is 1.03. The molecule has 0 saturated heterocycles. The van der Waals surface area contributed by atoms with E-state index in [-0.39, 0.29) is 5.54 Å². The smallest absolute Gasteiger partial charge is 0.129 e. The highest BCUT2D eigenvalue weighted by Crippen LogP contribution is 2.47. The van der Waals surface area contributed by atoms with Gasteiger partial charge in [0.25, 0.3) is 0 Å². The van der Waals surface area contributed by atoms with E-state index in [1.54, 1.807) is 6.20 Å². The Bertz CT molecular complexity index is 336. The zero-order chi connectivity index (χ0) is 9.47. The molecule has 1 N–H and O–H groups in total. The Hall–Kier alpha value is -0.120. The van der Waals surface area contributed by atoms with Crippen molar-refractivity contribution in [1.82, 2.24) is 10.3 Å². The summed E-state index contributed by atoms with van der Waals surface area (Å²) in [6.07, 6.45) is 4.10. The van der Waals surface area contributed by atoms with Crippen LogP contribution in [0.15, 0.2) is 16.7 Å². The van der Waals surface area contributed by atoms with Crippen molar-refractivity contribution < 1.29 is 0 Å². The molecule has 0 spiro atoms. The number of pyridine rings is 1. The Labute approximate surface area is 90.8 Å². The third kappa shape index (κ3) is 1.60. The maximum absolute atomic E-state index is 5.85. The molecule has 1 aliphatic carbocycles. The molecule has 0 unspecified atom stereocenters. The van der Waals surface area contributed by atoms with Gasteiger partial charge in [-0.3, -0.25) is 0 Å². The second-order valence-corrected chi connectivity index (χ2v) is 4.56. The summed E-state index contributed by atoms with van der Waals surface area (Å²) in [6.45, 7) is 0. The number of halogens is 2. The molecule has 2 rings (SSSR count). The molecule has 0 radical (unpaired) electrons. The van der Waals surface area contributed by atoms with Gasteiger partial charge in [0.2, 0.25) is 0 Å². The fourth-order valence-corrected chi connectivity index (χ4v) is 2.31. The van der Waals surface area contributed by atoms with E-state index >= 15 is 0 Å². The topological polar surface area (TPSA) is 24.9 Å². The van der Waals surface area contributed by atoms with E-state index in [9.17, 15) is 0 Å².